The van der Waals surface area contributed by atoms with E-state index in [1.807, 2.05) is 0 Å². The van der Waals surface area contributed by atoms with Crippen molar-refractivity contribution in [2.45, 2.75) is 38.1 Å². The van der Waals surface area contributed by atoms with Gasteiger partial charge in [-0.15, -0.1) is 0 Å². The van der Waals surface area contributed by atoms with E-state index in [-0.39, 0.29) is 0 Å². The minimum absolute atomic E-state index is 0.611. The molecule has 0 fully saturated rings. The monoisotopic (exact) mass is 329 g/mol. The topological polar surface area (TPSA) is 12.0 Å². The number of allylic oxidation sites excluding steroid dienone is 2. The van der Waals surface area contributed by atoms with Crippen molar-refractivity contribution < 1.29 is 0 Å². The van der Waals surface area contributed by atoms with E-state index in [0.717, 1.165) is 18.9 Å². The lowest BCUT2D eigenvalue weighted by atomic mass is 9.80. The first-order valence-electron chi connectivity index (χ1n) is 9.61. The minimum atomic E-state index is 0.611. The smallest absolute Gasteiger partial charge is 0.0143 e. The molecule has 2 aromatic carbocycles. The zero-order valence-electron chi connectivity index (χ0n) is 14.8. The average molecular weight is 329 g/mol. The molecule has 0 bridgehead atoms. The lowest BCUT2D eigenvalue weighted by molar-refractivity contribution is 0.371. The summed E-state index contributed by atoms with van der Waals surface area (Å²) >= 11 is 0. The van der Waals surface area contributed by atoms with E-state index in [1.54, 1.807) is 5.57 Å². The summed E-state index contributed by atoms with van der Waals surface area (Å²) in [5.41, 5.74) is 5.86. The Morgan fingerprint density at radius 1 is 0.760 bits per heavy atom. The molecule has 1 aliphatic carbocycles. The Hall–Kier alpha value is -2.12. The molecule has 1 heterocycles. The molecule has 0 saturated carbocycles. The molecule has 128 valence electrons. The van der Waals surface area contributed by atoms with Gasteiger partial charge in [0.15, 0.2) is 0 Å². The summed E-state index contributed by atoms with van der Waals surface area (Å²) in [4.78, 5) is 0. The molecule has 1 aliphatic heterocycles. The molecule has 1 N–H and O–H groups in total. The molecule has 0 aromatic heterocycles. The predicted octanol–water partition coefficient (Wildman–Crippen LogP) is 5.71. The van der Waals surface area contributed by atoms with E-state index in [1.165, 1.54) is 42.4 Å². The van der Waals surface area contributed by atoms with Gasteiger partial charge in [0.25, 0.3) is 0 Å². The van der Waals surface area contributed by atoms with Crippen molar-refractivity contribution in [1.29, 1.82) is 0 Å². The maximum atomic E-state index is 3.72. The number of benzene rings is 2. The highest BCUT2D eigenvalue weighted by Gasteiger charge is 2.23. The van der Waals surface area contributed by atoms with E-state index < -0.39 is 0 Å². The van der Waals surface area contributed by atoms with Crippen LogP contribution >= 0.6 is 0 Å². The molecule has 1 nitrogen and oxygen atoms in total. The van der Waals surface area contributed by atoms with E-state index >= 15 is 0 Å². The van der Waals surface area contributed by atoms with Gasteiger partial charge in [0, 0.05) is 12.6 Å². The second kappa shape index (κ2) is 7.84. The van der Waals surface area contributed by atoms with Crippen LogP contribution in [-0.4, -0.2) is 12.6 Å². The van der Waals surface area contributed by atoms with E-state index in [4.69, 9.17) is 0 Å². The average Bonchev–Trinajstić information content (AvgIpc) is 2.70. The van der Waals surface area contributed by atoms with Gasteiger partial charge in [-0.1, -0.05) is 72.8 Å². The molecular formula is C24H27N. The van der Waals surface area contributed by atoms with Crippen molar-refractivity contribution in [2.75, 3.05) is 6.54 Å². The second-order valence-corrected chi connectivity index (χ2v) is 7.38. The van der Waals surface area contributed by atoms with Crippen molar-refractivity contribution in [1.82, 2.24) is 5.32 Å². The van der Waals surface area contributed by atoms with Gasteiger partial charge in [0.05, 0.1) is 0 Å². The standard InChI is InChI=1S/C24H27N/c1-3-9-20(10-4-1)22-13-7-8-19(16-22)17-24-18-23(14-15-25-24)21-11-5-2-6-12-21/h1-6,9-14,19,24-25H,7-8,15-18H2. The fourth-order valence-corrected chi connectivity index (χ4v) is 4.31. The molecule has 1 heteroatoms. The van der Waals surface area contributed by atoms with Gasteiger partial charge in [-0.25, -0.2) is 0 Å². The zero-order valence-corrected chi connectivity index (χ0v) is 14.8. The van der Waals surface area contributed by atoms with Gasteiger partial charge in [0.1, 0.15) is 0 Å². The summed E-state index contributed by atoms with van der Waals surface area (Å²) in [6, 6.07) is 22.4. The lowest BCUT2D eigenvalue weighted by Crippen LogP contribution is -2.35. The third-order valence-electron chi connectivity index (χ3n) is 5.60. The first-order chi connectivity index (χ1) is 12.4. The van der Waals surface area contributed by atoms with Crippen LogP contribution in [0.25, 0.3) is 11.1 Å². The van der Waals surface area contributed by atoms with Crippen molar-refractivity contribution in [3.63, 3.8) is 0 Å². The molecule has 2 unspecified atom stereocenters. The summed E-state index contributed by atoms with van der Waals surface area (Å²) in [7, 11) is 0. The Kier molecular flexibility index (Phi) is 5.13. The number of hydrogen-bond donors (Lipinski definition) is 1. The van der Waals surface area contributed by atoms with Crippen molar-refractivity contribution in [3.8, 4) is 0 Å². The van der Waals surface area contributed by atoms with Gasteiger partial charge in [-0.2, -0.15) is 0 Å². The first-order valence-corrected chi connectivity index (χ1v) is 9.61. The van der Waals surface area contributed by atoms with Crippen LogP contribution in [0.3, 0.4) is 0 Å². The largest absolute Gasteiger partial charge is 0.310 e. The van der Waals surface area contributed by atoms with Crippen LogP contribution in [0.4, 0.5) is 0 Å². The van der Waals surface area contributed by atoms with Crippen LogP contribution < -0.4 is 5.32 Å². The highest BCUT2D eigenvalue weighted by atomic mass is 14.9. The molecule has 0 saturated heterocycles. The van der Waals surface area contributed by atoms with Crippen LogP contribution in [0.2, 0.25) is 0 Å². The molecular weight excluding hydrogens is 302 g/mol. The molecule has 25 heavy (non-hydrogen) atoms. The maximum absolute atomic E-state index is 3.72. The molecule has 2 aromatic rings. The molecule has 0 spiro atoms. The molecule has 0 radical (unpaired) electrons. The Balaban J connectivity index is 1.38. The number of nitrogens with one attached hydrogen (secondary N) is 1. The summed E-state index contributed by atoms with van der Waals surface area (Å²) < 4.78 is 0. The Morgan fingerprint density at radius 3 is 2.08 bits per heavy atom. The SMILES string of the molecule is C1=C(c2ccccc2)CC(CC2CC(c3ccccc3)=CCN2)CC1. The van der Waals surface area contributed by atoms with Gasteiger partial charge in [-0.05, 0) is 60.3 Å². The summed E-state index contributed by atoms with van der Waals surface area (Å²) in [6.07, 6.45) is 11.0. The number of rotatable bonds is 4. The minimum Gasteiger partial charge on any atom is -0.310 e. The van der Waals surface area contributed by atoms with Gasteiger partial charge < -0.3 is 5.32 Å². The maximum Gasteiger partial charge on any atom is 0.0143 e. The Morgan fingerprint density at radius 2 is 1.40 bits per heavy atom. The zero-order chi connectivity index (χ0) is 16.9. The van der Waals surface area contributed by atoms with Crippen molar-refractivity contribution in [3.05, 3.63) is 83.9 Å². The fourth-order valence-electron chi connectivity index (χ4n) is 4.31. The predicted molar refractivity (Wildman–Crippen MR) is 107 cm³/mol. The van der Waals surface area contributed by atoms with Crippen LogP contribution in [0.1, 0.15) is 43.2 Å². The van der Waals surface area contributed by atoms with Crippen LogP contribution in [0, 0.1) is 5.92 Å². The second-order valence-electron chi connectivity index (χ2n) is 7.38. The Labute approximate surface area is 151 Å². The summed E-state index contributed by atoms with van der Waals surface area (Å²) in [5, 5.41) is 3.72. The molecule has 4 rings (SSSR count). The van der Waals surface area contributed by atoms with Gasteiger partial charge >= 0.3 is 0 Å². The van der Waals surface area contributed by atoms with E-state index in [0.29, 0.717) is 6.04 Å². The van der Waals surface area contributed by atoms with E-state index in [9.17, 15) is 0 Å². The highest BCUT2D eigenvalue weighted by Crippen LogP contribution is 2.35. The van der Waals surface area contributed by atoms with Crippen molar-refractivity contribution >= 4 is 11.1 Å². The lowest BCUT2D eigenvalue weighted by Gasteiger charge is -2.30. The fraction of sp³-hybridized carbons (Fsp3) is 0.333. The highest BCUT2D eigenvalue weighted by molar-refractivity contribution is 5.67. The normalized spacial score (nSPS) is 23.7. The number of hydrogen-bond acceptors (Lipinski definition) is 1. The first kappa shape index (κ1) is 16.4. The van der Waals surface area contributed by atoms with Gasteiger partial charge in [-0.3, -0.25) is 0 Å². The van der Waals surface area contributed by atoms with E-state index in [2.05, 4.69) is 78.1 Å². The van der Waals surface area contributed by atoms with Crippen LogP contribution in [0.5, 0.6) is 0 Å². The third-order valence-corrected chi connectivity index (χ3v) is 5.60. The van der Waals surface area contributed by atoms with Crippen LogP contribution in [0.15, 0.2) is 72.8 Å². The molecule has 2 atom stereocenters. The quantitative estimate of drug-likeness (QED) is 0.758. The molecule has 0 amide bonds. The third kappa shape index (κ3) is 4.11. The van der Waals surface area contributed by atoms with Crippen LogP contribution in [-0.2, 0) is 0 Å². The summed E-state index contributed by atoms with van der Waals surface area (Å²) in [6.45, 7) is 1.00. The van der Waals surface area contributed by atoms with Gasteiger partial charge in [0.2, 0.25) is 0 Å². The molecule has 2 aliphatic rings. The van der Waals surface area contributed by atoms with Crippen molar-refractivity contribution in [2.24, 2.45) is 5.92 Å². The Bertz CT molecular complexity index is 677. The summed E-state index contributed by atoms with van der Waals surface area (Å²) in [5.74, 6) is 0.799.